The van der Waals surface area contributed by atoms with Crippen LogP contribution in [0.3, 0.4) is 0 Å². The molecule has 0 fully saturated rings. The van der Waals surface area contributed by atoms with Crippen LogP contribution in [0.15, 0.2) is 29.6 Å². The zero-order chi connectivity index (χ0) is 15.2. The Morgan fingerprint density at radius 3 is 2.67 bits per heavy atom. The number of methoxy groups -OCH3 is 1. The topological polar surface area (TPSA) is 42.4 Å². The number of carbonyl (C=O) groups excluding carboxylic acids is 1. The molecule has 5 heteroatoms. The van der Waals surface area contributed by atoms with Gasteiger partial charge in [0.2, 0.25) is 0 Å². The molecule has 0 spiro atoms. The molecule has 21 heavy (non-hydrogen) atoms. The quantitative estimate of drug-likeness (QED) is 0.765. The summed E-state index contributed by atoms with van der Waals surface area (Å²) in [6.45, 7) is 2.15. The van der Waals surface area contributed by atoms with Gasteiger partial charge in [-0.3, -0.25) is 4.79 Å². The maximum absolute atomic E-state index is 11.2. The second-order valence-corrected chi connectivity index (χ2v) is 5.61. The molecule has 0 amide bonds. The van der Waals surface area contributed by atoms with Gasteiger partial charge in [0.25, 0.3) is 0 Å². The Hall–Kier alpha value is -1.88. The fraction of sp³-hybridized carbons (Fsp3) is 0.375. The molecule has 2 rings (SSSR count). The second kappa shape index (κ2) is 7.22. The maximum Gasteiger partial charge on any atom is 0.305 e. The zero-order valence-corrected chi connectivity index (χ0v) is 13.4. The second-order valence-electron chi connectivity index (χ2n) is 4.78. The number of aromatic nitrogens is 1. The number of carbonyl (C=O) groups is 1. The Kier molecular flexibility index (Phi) is 5.33. The van der Waals surface area contributed by atoms with Crippen LogP contribution in [0, 0.1) is 0 Å². The number of hydrogen-bond donors (Lipinski definition) is 0. The van der Waals surface area contributed by atoms with Crippen LogP contribution < -0.4 is 4.90 Å². The highest BCUT2D eigenvalue weighted by Gasteiger charge is 2.10. The highest BCUT2D eigenvalue weighted by atomic mass is 32.1. The molecule has 1 aromatic carbocycles. The van der Waals surface area contributed by atoms with E-state index in [0.29, 0.717) is 12.8 Å². The van der Waals surface area contributed by atoms with E-state index in [9.17, 15) is 4.79 Å². The van der Waals surface area contributed by atoms with Crippen molar-refractivity contribution < 1.29 is 9.53 Å². The lowest BCUT2D eigenvalue weighted by Crippen LogP contribution is -2.09. The Labute approximate surface area is 129 Å². The average Bonchev–Trinajstić information content (AvgIpc) is 3.00. The number of ether oxygens (including phenoxy) is 1. The van der Waals surface area contributed by atoms with E-state index in [1.165, 1.54) is 12.7 Å². The smallest absolute Gasteiger partial charge is 0.305 e. The zero-order valence-electron chi connectivity index (χ0n) is 12.6. The summed E-state index contributed by atoms with van der Waals surface area (Å²) >= 11 is 1.58. The molecule has 0 aliphatic carbocycles. The predicted octanol–water partition coefficient (Wildman–Crippen LogP) is 3.58. The fourth-order valence-electron chi connectivity index (χ4n) is 1.96. The van der Waals surface area contributed by atoms with Gasteiger partial charge in [-0.15, -0.1) is 11.3 Å². The minimum Gasteiger partial charge on any atom is -0.469 e. The summed E-state index contributed by atoms with van der Waals surface area (Å²) in [5.41, 5.74) is 3.36. The molecule has 0 radical (unpaired) electrons. The van der Waals surface area contributed by atoms with Crippen molar-refractivity contribution in [3.63, 3.8) is 0 Å². The van der Waals surface area contributed by atoms with Gasteiger partial charge in [0.05, 0.1) is 19.2 Å². The third-order valence-electron chi connectivity index (χ3n) is 3.37. The van der Waals surface area contributed by atoms with Gasteiger partial charge in [-0.1, -0.05) is 19.1 Å². The number of thiazole rings is 1. The van der Waals surface area contributed by atoms with Gasteiger partial charge in [0.1, 0.15) is 0 Å². The Morgan fingerprint density at radius 2 is 2.05 bits per heavy atom. The van der Waals surface area contributed by atoms with Crippen molar-refractivity contribution in [1.29, 1.82) is 0 Å². The Bertz CT molecular complexity index is 593. The summed E-state index contributed by atoms with van der Waals surface area (Å²) in [6, 6.07) is 8.48. The normalized spacial score (nSPS) is 10.4. The third-order valence-corrected chi connectivity index (χ3v) is 4.34. The Balaban J connectivity index is 2.03. The SMILES string of the molecule is CCc1ccc(N(C)c2nc(CCC(=O)OC)cs2)cc1. The van der Waals surface area contributed by atoms with Gasteiger partial charge in [-0.05, 0) is 24.1 Å². The van der Waals surface area contributed by atoms with E-state index < -0.39 is 0 Å². The van der Waals surface area contributed by atoms with Crippen molar-refractivity contribution in [2.45, 2.75) is 26.2 Å². The van der Waals surface area contributed by atoms with Crippen LogP contribution in [0.5, 0.6) is 0 Å². The molecule has 1 heterocycles. The van der Waals surface area contributed by atoms with E-state index in [1.54, 1.807) is 11.3 Å². The summed E-state index contributed by atoms with van der Waals surface area (Å²) in [4.78, 5) is 17.8. The van der Waals surface area contributed by atoms with Gasteiger partial charge in [-0.2, -0.15) is 0 Å². The maximum atomic E-state index is 11.2. The highest BCUT2D eigenvalue weighted by molar-refractivity contribution is 7.13. The molecule has 4 nitrogen and oxygen atoms in total. The lowest BCUT2D eigenvalue weighted by molar-refractivity contribution is -0.140. The summed E-state index contributed by atoms with van der Waals surface area (Å²) in [5, 5.41) is 2.92. The van der Waals surface area contributed by atoms with E-state index in [-0.39, 0.29) is 5.97 Å². The van der Waals surface area contributed by atoms with E-state index in [1.807, 2.05) is 12.4 Å². The molecule has 0 saturated carbocycles. The average molecular weight is 304 g/mol. The fourth-order valence-corrected chi connectivity index (χ4v) is 2.81. The molecule has 112 valence electrons. The minimum absolute atomic E-state index is 0.201. The molecular formula is C16H20N2O2S. The van der Waals surface area contributed by atoms with Crippen LogP contribution in [-0.2, 0) is 22.4 Å². The van der Waals surface area contributed by atoms with Crippen molar-refractivity contribution in [2.75, 3.05) is 19.1 Å². The summed E-state index contributed by atoms with van der Waals surface area (Å²) in [7, 11) is 3.41. The van der Waals surface area contributed by atoms with Crippen LogP contribution in [0.2, 0.25) is 0 Å². The van der Waals surface area contributed by atoms with E-state index in [2.05, 4.69) is 45.8 Å². The molecule has 2 aromatic rings. The van der Waals surface area contributed by atoms with Crippen LogP contribution >= 0.6 is 11.3 Å². The first-order chi connectivity index (χ1) is 10.1. The molecule has 0 saturated heterocycles. The van der Waals surface area contributed by atoms with Gasteiger partial charge in [0.15, 0.2) is 5.13 Å². The number of aryl methyl sites for hydroxylation is 2. The number of benzene rings is 1. The number of hydrogen-bond acceptors (Lipinski definition) is 5. The number of rotatable bonds is 6. The standard InChI is InChI=1S/C16H20N2O2S/c1-4-12-5-8-14(9-6-12)18(2)16-17-13(11-21-16)7-10-15(19)20-3/h5-6,8-9,11H,4,7,10H2,1-3H3. The van der Waals surface area contributed by atoms with Gasteiger partial charge in [-0.25, -0.2) is 4.98 Å². The summed E-state index contributed by atoms with van der Waals surface area (Å²) in [6.07, 6.45) is 2.03. The largest absolute Gasteiger partial charge is 0.469 e. The first kappa shape index (κ1) is 15.5. The molecular weight excluding hydrogens is 284 g/mol. The van der Waals surface area contributed by atoms with Crippen LogP contribution in [0.25, 0.3) is 0 Å². The van der Waals surface area contributed by atoms with Gasteiger partial charge < -0.3 is 9.64 Å². The molecule has 0 aliphatic heterocycles. The number of esters is 1. The minimum atomic E-state index is -0.201. The van der Waals surface area contributed by atoms with Crippen LogP contribution in [-0.4, -0.2) is 25.1 Å². The molecule has 1 aromatic heterocycles. The van der Waals surface area contributed by atoms with Gasteiger partial charge in [0, 0.05) is 24.5 Å². The first-order valence-corrected chi connectivity index (χ1v) is 7.86. The van der Waals surface area contributed by atoms with E-state index in [4.69, 9.17) is 0 Å². The van der Waals surface area contributed by atoms with Gasteiger partial charge >= 0.3 is 5.97 Å². The number of nitrogens with zero attached hydrogens (tertiary/aromatic N) is 2. The third kappa shape index (κ3) is 4.04. The van der Waals surface area contributed by atoms with E-state index >= 15 is 0 Å². The molecule has 0 bridgehead atoms. The lowest BCUT2D eigenvalue weighted by Gasteiger charge is -2.16. The molecule has 0 unspecified atom stereocenters. The number of anilines is 2. The highest BCUT2D eigenvalue weighted by Crippen LogP contribution is 2.27. The van der Waals surface area contributed by atoms with Crippen LogP contribution in [0.1, 0.15) is 24.6 Å². The van der Waals surface area contributed by atoms with Crippen molar-refractivity contribution in [1.82, 2.24) is 4.98 Å². The molecule has 0 atom stereocenters. The van der Waals surface area contributed by atoms with Crippen LogP contribution in [0.4, 0.5) is 10.8 Å². The first-order valence-electron chi connectivity index (χ1n) is 6.98. The van der Waals surface area contributed by atoms with Crippen molar-refractivity contribution >= 4 is 28.1 Å². The van der Waals surface area contributed by atoms with E-state index in [0.717, 1.165) is 22.9 Å². The molecule has 0 N–H and O–H groups in total. The van der Waals surface area contributed by atoms with Crippen molar-refractivity contribution in [2.24, 2.45) is 0 Å². The Morgan fingerprint density at radius 1 is 1.33 bits per heavy atom. The monoisotopic (exact) mass is 304 g/mol. The lowest BCUT2D eigenvalue weighted by atomic mass is 10.1. The van der Waals surface area contributed by atoms with Crippen molar-refractivity contribution in [3.8, 4) is 0 Å². The summed E-state index contributed by atoms with van der Waals surface area (Å²) < 4.78 is 4.64. The summed E-state index contributed by atoms with van der Waals surface area (Å²) in [5.74, 6) is -0.201. The van der Waals surface area contributed by atoms with Crippen molar-refractivity contribution in [3.05, 3.63) is 40.9 Å². The predicted molar refractivity (Wildman–Crippen MR) is 86.3 cm³/mol. The molecule has 0 aliphatic rings.